The van der Waals surface area contributed by atoms with Gasteiger partial charge in [0.2, 0.25) is 0 Å². The van der Waals surface area contributed by atoms with Crippen molar-refractivity contribution >= 4 is 28.2 Å². The zero-order valence-corrected chi connectivity index (χ0v) is 20.7. The van der Waals surface area contributed by atoms with Crippen molar-refractivity contribution in [2.75, 3.05) is 4.90 Å². The molecule has 170 valence electrons. The van der Waals surface area contributed by atoms with Crippen LogP contribution in [0.25, 0.3) is 11.1 Å². The van der Waals surface area contributed by atoms with Crippen LogP contribution in [0.5, 0.6) is 0 Å². The first-order valence-electron chi connectivity index (χ1n) is 12.3. The van der Waals surface area contributed by atoms with Crippen molar-refractivity contribution in [1.82, 2.24) is 0 Å². The Morgan fingerprint density at radius 1 is 0.824 bits per heavy atom. The van der Waals surface area contributed by atoms with Gasteiger partial charge in [0, 0.05) is 22.5 Å². The summed E-state index contributed by atoms with van der Waals surface area (Å²) in [6.07, 6.45) is 13.5. The normalized spacial score (nSPS) is 16.6. The Morgan fingerprint density at radius 3 is 2.35 bits per heavy atom. The molecule has 0 saturated heterocycles. The number of anilines is 3. The average Bonchev–Trinajstić information content (AvgIpc) is 3.10. The highest BCUT2D eigenvalue weighted by Gasteiger charge is 2.39. The zero-order chi connectivity index (χ0) is 23.7. The van der Waals surface area contributed by atoms with Crippen LogP contribution >= 0.6 is 0 Å². The number of hydrogen-bond acceptors (Lipinski definition) is 1. The van der Waals surface area contributed by atoms with E-state index < -0.39 is 0 Å². The summed E-state index contributed by atoms with van der Waals surface area (Å²) in [4.78, 5) is 2.38. The minimum absolute atomic E-state index is 0.0214. The molecule has 2 aliphatic rings. The van der Waals surface area contributed by atoms with Crippen LogP contribution in [-0.2, 0) is 5.41 Å². The quantitative estimate of drug-likeness (QED) is 0.355. The highest BCUT2D eigenvalue weighted by atomic mass is 15.1. The third-order valence-corrected chi connectivity index (χ3v) is 7.16. The molecule has 3 aromatic rings. The van der Waals surface area contributed by atoms with Crippen LogP contribution in [0.3, 0.4) is 0 Å². The van der Waals surface area contributed by atoms with Gasteiger partial charge in [-0.15, -0.1) is 0 Å². The summed E-state index contributed by atoms with van der Waals surface area (Å²) >= 11 is 0. The molecule has 0 saturated carbocycles. The Morgan fingerprint density at radius 2 is 1.56 bits per heavy atom. The zero-order valence-electron chi connectivity index (χ0n) is 20.7. The minimum Gasteiger partial charge on any atom is -0.310 e. The van der Waals surface area contributed by atoms with Gasteiger partial charge in [0.05, 0.1) is 0 Å². The second-order valence-corrected chi connectivity index (χ2v) is 9.76. The number of para-hydroxylation sites is 1. The minimum atomic E-state index is 0.0214. The van der Waals surface area contributed by atoms with Crippen LogP contribution in [0.2, 0.25) is 0 Å². The summed E-state index contributed by atoms with van der Waals surface area (Å²) in [5.74, 6) is 0. The van der Waals surface area contributed by atoms with Crippen molar-refractivity contribution in [2.24, 2.45) is 0 Å². The number of allylic oxidation sites excluding steroid dienone is 8. The molecule has 0 fully saturated rings. The van der Waals surface area contributed by atoms with E-state index in [1.807, 2.05) is 0 Å². The summed E-state index contributed by atoms with van der Waals surface area (Å²) in [6, 6.07) is 26.6. The van der Waals surface area contributed by atoms with Gasteiger partial charge in [0.25, 0.3) is 0 Å². The molecule has 0 bridgehead atoms. The molecule has 3 aromatic carbocycles. The number of hydrogen-bond donors (Lipinski definition) is 0. The Bertz CT molecular complexity index is 1330. The van der Waals surface area contributed by atoms with Gasteiger partial charge in [-0.3, -0.25) is 0 Å². The van der Waals surface area contributed by atoms with E-state index in [1.54, 1.807) is 0 Å². The number of fused-ring (bicyclic) bond motifs is 3. The standard InChI is InChI=1S/C33H33N/c1-5-6-13-24(2)25-14-12-17-27(22-25)34(26-15-8-7-9-16-26)28-20-21-30-29-18-10-11-19-31(29)33(3,4)32(30)23-28/h5-9,12-23H,10-11H2,1-4H3/b6-5-,24-13+. The molecule has 34 heavy (non-hydrogen) atoms. The van der Waals surface area contributed by atoms with Gasteiger partial charge in [-0.05, 0) is 96.5 Å². The van der Waals surface area contributed by atoms with Gasteiger partial charge < -0.3 is 4.90 Å². The van der Waals surface area contributed by atoms with Gasteiger partial charge in [-0.2, -0.15) is 0 Å². The maximum absolute atomic E-state index is 2.45. The Hall–Kier alpha value is -3.58. The summed E-state index contributed by atoms with van der Waals surface area (Å²) < 4.78 is 0. The summed E-state index contributed by atoms with van der Waals surface area (Å²) in [7, 11) is 0. The largest absolute Gasteiger partial charge is 0.310 e. The lowest BCUT2D eigenvalue weighted by molar-refractivity contribution is 0.654. The third-order valence-electron chi connectivity index (χ3n) is 7.16. The van der Waals surface area contributed by atoms with E-state index in [4.69, 9.17) is 0 Å². The first kappa shape index (κ1) is 22.2. The fraction of sp³-hybridized carbons (Fsp3) is 0.212. The van der Waals surface area contributed by atoms with Crippen molar-refractivity contribution in [3.05, 3.63) is 125 Å². The van der Waals surface area contributed by atoms with E-state index in [2.05, 4.69) is 136 Å². The molecule has 0 unspecified atom stereocenters. The van der Waals surface area contributed by atoms with Crippen molar-refractivity contribution in [3.63, 3.8) is 0 Å². The molecule has 0 radical (unpaired) electrons. The van der Waals surface area contributed by atoms with Crippen LogP contribution in [0, 0.1) is 0 Å². The monoisotopic (exact) mass is 443 g/mol. The van der Waals surface area contributed by atoms with E-state index in [1.165, 1.54) is 50.5 Å². The molecule has 5 rings (SSSR count). The third kappa shape index (κ3) is 3.86. The molecule has 0 spiro atoms. The summed E-state index contributed by atoms with van der Waals surface area (Å²) in [5.41, 5.74) is 11.8. The predicted molar refractivity (Wildman–Crippen MR) is 148 cm³/mol. The second-order valence-electron chi connectivity index (χ2n) is 9.76. The number of nitrogens with zero attached hydrogens (tertiary/aromatic N) is 1. The van der Waals surface area contributed by atoms with Gasteiger partial charge in [0.1, 0.15) is 0 Å². The van der Waals surface area contributed by atoms with E-state index in [-0.39, 0.29) is 5.41 Å². The van der Waals surface area contributed by atoms with Crippen molar-refractivity contribution < 1.29 is 0 Å². The van der Waals surface area contributed by atoms with Gasteiger partial charge in [-0.1, -0.05) is 80.6 Å². The molecule has 0 aliphatic heterocycles. The molecule has 2 aliphatic carbocycles. The van der Waals surface area contributed by atoms with Crippen LogP contribution in [0.1, 0.15) is 57.2 Å². The maximum atomic E-state index is 2.45. The predicted octanol–water partition coefficient (Wildman–Crippen LogP) is 9.53. The van der Waals surface area contributed by atoms with Crippen molar-refractivity contribution in [3.8, 4) is 0 Å². The Labute approximate surface area is 204 Å². The molecule has 0 amide bonds. The lowest BCUT2D eigenvalue weighted by Gasteiger charge is -2.28. The molecular formula is C33H33N. The van der Waals surface area contributed by atoms with Crippen LogP contribution < -0.4 is 4.90 Å². The average molecular weight is 444 g/mol. The lowest BCUT2D eigenvalue weighted by atomic mass is 9.80. The van der Waals surface area contributed by atoms with E-state index in [0.717, 1.165) is 12.8 Å². The molecule has 0 heterocycles. The smallest absolute Gasteiger partial charge is 0.0467 e. The topological polar surface area (TPSA) is 3.24 Å². The van der Waals surface area contributed by atoms with Gasteiger partial charge in [0.15, 0.2) is 0 Å². The number of rotatable bonds is 5. The van der Waals surface area contributed by atoms with Crippen LogP contribution in [0.4, 0.5) is 17.1 Å². The first-order chi connectivity index (χ1) is 16.5. The van der Waals surface area contributed by atoms with Crippen LogP contribution in [-0.4, -0.2) is 0 Å². The molecule has 0 aromatic heterocycles. The molecule has 0 N–H and O–H groups in total. The van der Waals surface area contributed by atoms with Gasteiger partial charge >= 0.3 is 0 Å². The highest BCUT2D eigenvalue weighted by Crippen LogP contribution is 2.52. The first-order valence-corrected chi connectivity index (χ1v) is 12.3. The van der Waals surface area contributed by atoms with Gasteiger partial charge in [-0.25, -0.2) is 0 Å². The fourth-order valence-corrected chi connectivity index (χ4v) is 5.34. The van der Waals surface area contributed by atoms with E-state index in [9.17, 15) is 0 Å². The number of benzene rings is 3. The van der Waals surface area contributed by atoms with Crippen LogP contribution in [0.15, 0.2) is 109 Å². The fourth-order valence-electron chi connectivity index (χ4n) is 5.34. The second kappa shape index (κ2) is 8.99. The maximum Gasteiger partial charge on any atom is 0.0467 e. The summed E-state index contributed by atoms with van der Waals surface area (Å²) in [5, 5.41) is 0. The molecule has 1 nitrogen and oxygen atoms in total. The lowest BCUT2D eigenvalue weighted by Crippen LogP contribution is -2.17. The SMILES string of the molecule is C/C=C\C=C(/C)c1cccc(N(c2ccccc2)c2ccc3c(c2)C(C)(C)C2=CCCC=C23)c1. The highest BCUT2D eigenvalue weighted by molar-refractivity contribution is 5.92. The molecule has 1 heteroatoms. The van der Waals surface area contributed by atoms with E-state index >= 15 is 0 Å². The molecule has 0 atom stereocenters. The van der Waals surface area contributed by atoms with E-state index in [0.29, 0.717) is 0 Å². The van der Waals surface area contributed by atoms with Crippen molar-refractivity contribution in [1.29, 1.82) is 0 Å². The van der Waals surface area contributed by atoms with Crippen molar-refractivity contribution in [2.45, 2.75) is 46.0 Å². The summed E-state index contributed by atoms with van der Waals surface area (Å²) in [6.45, 7) is 8.97. The Kier molecular flexibility index (Phi) is 5.87. The Balaban J connectivity index is 1.66. The molecular weight excluding hydrogens is 410 g/mol.